The zero-order chi connectivity index (χ0) is 28.6. The van der Waals surface area contributed by atoms with E-state index in [-0.39, 0.29) is 16.2 Å². The van der Waals surface area contributed by atoms with Crippen molar-refractivity contribution in [3.8, 4) is 5.40 Å². The maximum Gasteiger partial charge on any atom is 0.256 e. The molecule has 40 heavy (non-hydrogen) atoms. The topological polar surface area (TPSA) is 119 Å². The van der Waals surface area contributed by atoms with Crippen molar-refractivity contribution in [1.82, 2.24) is 9.13 Å². The van der Waals surface area contributed by atoms with Crippen molar-refractivity contribution in [2.75, 3.05) is 5.73 Å². The summed E-state index contributed by atoms with van der Waals surface area (Å²) in [5.41, 5.74) is 9.93. The van der Waals surface area contributed by atoms with Gasteiger partial charge in [-0.3, -0.25) is 28.7 Å². The van der Waals surface area contributed by atoms with Crippen molar-refractivity contribution < 1.29 is 0 Å². The fourth-order valence-electron chi connectivity index (χ4n) is 3.70. The highest BCUT2D eigenvalue weighted by atomic mass is 35.5. The van der Waals surface area contributed by atoms with Gasteiger partial charge in [0, 0.05) is 53.0 Å². The third kappa shape index (κ3) is 6.58. The molecule has 2 aliphatic heterocycles. The van der Waals surface area contributed by atoms with Gasteiger partial charge in [-0.1, -0.05) is 47.5 Å². The smallest absolute Gasteiger partial charge is 0.256 e. The lowest BCUT2D eigenvalue weighted by Crippen LogP contribution is -2.35. The molecule has 2 aliphatic rings. The second kappa shape index (κ2) is 13.4. The number of rotatable bonds is 1. The number of benzene rings is 2. The Hall–Kier alpha value is -4.01. The Morgan fingerprint density at radius 1 is 0.850 bits per heavy atom. The predicted octanol–water partition coefficient (Wildman–Crippen LogP) is 5.39. The van der Waals surface area contributed by atoms with E-state index in [0.717, 1.165) is 45.5 Å². The normalized spacial score (nSPS) is 11.8. The van der Waals surface area contributed by atoms with Gasteiger partial charge in [-0.2, -0.15) is 5.26 Å². The lowest BCUT2D eigenvalue weighted by Gasteiger charge is -2.08. The number of pyridine rings is 2. The number of thiocarbonyl (C=S) groups is 1. The highest BCUT2D eigenvalue weighted by Gasteiger charge is 2.13. The summed E-state index contributed by atoms with van der Waals surface area (Å²) in [5, 5.41) is 11.9. The van der Waals surface area contributed by atoms with Crippen LogP contribution in [-0.4, -0.2) is 26.7 Å². The molecule has 8 nitrogen and oxygen atoms in total. The van der Waals surface area contributed by atoms with Crippen molar-refractivity contribution in [2.24, 2.45) is 9.98 Å². The van der Waals surface area contributed by atoms with E-state index in [0.29, 0.717) is 22.3 Å². The molecule has 0 saturated carbocycles. The molecule has 0 unspecified atom stereocenters. The highest BCUT2D eigenvalue weighted by molar-refractivity contribution is 8.03. The molecule has 2 N–H and O–H groups in total. The Bertz CT molecular complexity index is 1750. The van der Waals surface area contributed by atoms with Crippen LogP contribution in [0.2, 0.25) is 10.0 Å². The summed E-state index contributed by atoms with van der Waals surface area (Å²) in [6.07, 6.45) is 6.60. The Kier molecular flexibility index (Phi) is 9.69. The molecular weight excluding hydrogens is 587 g/mol. The first kappa shape index (κ1) is 29.0. The summed E-state index contributed by atoms with van der Waals surface area (Å²) in [6, 6.07) is 17.0. The van der Waals surface area contributed by atoms with Crippen LogP contribution in [0, 0.1) is 10.7 Å². The third-order valence-electron chi connectivity index (χ3n) is 5.71. The zero-order valence-corrected chi connectivity index (χ0v) is 23.8. The molecule has 200 valence electrons. The number of anilines is 1. The first-order valence-electron chi connectivity index (χ1n) is 11.7. The molecule has 6 rings (SSSR count). The van der Waals surface area contributed by atoms with Crippen molar-refractivity contribution in [3.05, 3.63) is 126 Å². The molecular formula is C28H20Cl2N6O2S2. The number of halogens is 2. The van der Waals surface area contributed by atoms with Gasteiger partial charge in [0.2, 0.25) is 0 Å². The number of nitrogen functional groups attached to an aromatic ring is 1. The van der Waals surface area contributed by atoms with Gasteiger partial charge in [0.1, 0.15) is 5.40 Å². The molecule has 2 aromatic carbocycles. The van der Waals surface area contributed by atoms with Crippen LogP contribution in [0.1, 0.15) is 22.3 Å². The molecule has 4 aromatic rings. The van der Waals surface area contributed by atoms with Crippen molar-refractivity contribution >= 4 is 70.4 Å². The SMILES string of the molecule is N#CSc1ccc2c(c1Cl)C=NC2.Nc1ccc2c(c1Cl)C=NC2.O=c1ccccn1C(=S)n1ccccc1=O. The Morgan fingerprint density at radius 3 is 1.90 bits per heavy atom. The van der Waals surface area contributed by atoms with Gasteiger partial charge in [0.05, 0.1) is 28.8 Å². The fraction of sp³-hybridized carbons (Fsp3) is 0.0714. The number of thiocyanates is 1. The highest BCUT2D eigenvalue weighted by Crippen LogP contribution is 2.33. The van der Waals surface area contributed by atoms with Crippen molar-refractivity contribution in [2.45, 2.75) is 18.0 Å². The van der Waals surface area contributed by atoms with E-state index in [1.165, 1.54) is 33.7 Å². The summed E-state index contributed by atoms with van der Waals surface area (Å²) in [6.45, 7) is 1.43. The second-order valence-corrected chi connectivity index (χ2v) is 10.2. The van der Waals surface area contributed by atoms with Crippen molar-refractivity contribution in [1.29, 1.82) is 5.26 Å². The summed E-state index contributed by atoms with van der Waals surface area (Å²) in [4.78, 5) is 32.0. The van der Waals surface area contributed by atoms with Gasteiger partial charge in [0.15, 0.2) is 5.11 Å². The molecule has 0 radical (unpaired) electrons. The monoisotopic (exact) mass is 606 g/mol. The predicted molar refractivity (Wildman–Crippen MR) is 166 cm³/mol. The second-order valence-electron chi connectivity index (χ2n) is 8.23. The first-order valence-corrected chi connectivity index (χ1v) is 13.6. The lowest BCUT2D eigenvalue weighted by atomic mass is 10.1. The quantitative estimate of drug-likeness (QED) is 0.134. The van der Waals surface area contributed by atoms with Crippen LogP contribution in [0.4, 0.5) is 5.69 Å². The van der Waals surface area contributed by atoms with Crippen LogP contribution in [0.5, 0.6) is 0 Å². The van der Waals surface area contributed by atoms with E-state index >= 15 is 0 Å². The number of aliphatic imine (C=N–C) groups is 2. The van der Waals surface area contributed by atoms with Crippen LogP contribution in [0.15, 0.2) is 97.5 Å². The number of hydrogen-bond acceptors (Lipinski definition) is 8. The van der Waals surface area contributed by atoms with E-state index in [1.54, 1.807) is 36.7 Å². The maximum atomic E-state index is 11.5. The molecule has 0 aliphatic carbocycles. The van der Waals surface area contributed by atoms with Crippen molar-refractivity contribution in [3.63, 3.8) is 0 Å². The summed E-state index contributed by atoms with van der Waals surface area (Å²) in [5.74, 6) is 0. The molecule has 0 atom stereocenters. The molecule has 0 fully saturated rings. The summed E-state index contributed by atoms with van der Waals surface area (Å²) >= 11 is 18.2. The number of fused-ring (bicyclic) bond motifs is 2. The summed E-state index contributed by atoms with van der Waals surface area (Å²) in [7, 11) is 0. The van der Waals surface area contributed by atoms with E-state index in [1.807, 2.05) is 29.7 Å². The zero-order valence-electron chi connectivity index (χ0n) is 20.7. The Morgan fingerprint density at radius 2 is 1.38 bits per heavy atom. The van der Waals surface area contributed by atoms with Crippen LogP contribution in [-0.2, 0) is 13.1 Å². The summed E-state index contributed by atoms with van der Waals surface area (Å²) < 4.78 is 2.49. The van der Waals surface area contributed by atoms with Gasteiger partial charge in [-0.05, 0) is 59.4 Å². The van der Waals surface area contributed by atoms with E-state index < -0.39 is 0 Å². The van der Waals surface area contributed by atoms with E-state index in [4.69, 9.17) is 46.4 Å². The van der Waals surface area contributed by atoms with E-state index in [2.05, 4.69) is 9.98 Å². The maximum absolute atomic E-state index is 11.5. The van der Waals surface area contributed by atoms with Crippen LogP contribution in [0.25, 0.3) is 0 Å². The van der Waals surface area contributed by atoms with Gasteiger partial charge >= 0.3 is 0 Å². The molecule has 0 saturated heterocycles. The standard InChI is InChI=1S/C11H8N2O2S.C9H5ClN2S.C8H7ClN2/c14-9-5-1-3-7-12(9)11(16)13-8-4-2-6-10(13)15;10-9-7-4-12-3-6(7)1-2-8(9)13-5-11;9-8-6-4-11-3-5(6)1-2-7(8)10/h1-8H;1-2,4H,3H2;1-2,4H,3,10H2. The molecule has 12 heteroatoms. The Labute approximate surface area is 249 Å². The third-order valence-corrected chi connectivity index (χ3v) is 7.70. The number of aromatic nitrogens is 2. The van der Waals surface area contributed by atoms with Gasteiger partial charge in [-0.25, -0.2) is 0 Å². The number of nitrogens with zero attached hydrogens (tertiary/aromatic N) is 5. The average molecular weight is 608 g/mol. The minimum absolute atomic E-state index is 0.149. The van der Waals surface area contributed by atoms with Gasteiger partial charge in [-0.15, -0.1) is 0 Å². The molecule has 2 aromatic heterocycles. The number of hydrogen-bond donors (Lipinski definition) is 1. The van der Waals surface area contributed by atoms with Crippen LogP contribution < -0.4 is 16.9 Å². The Balaban J connectivity index is 0.000000141. The van der Waals surface area contributed by atoms with Crippen LogP contribution >= 0.6 is 47.2 Å². The van der Waals surface area contributed by atoms with Crippen LogP contribution in [0.3, 0.4) is 0 Å². The molecule has 0 spiro atoms. The van der Waals surface area contributed by atoms with Gasteiger partial charge in [0.25, 0.3) is 11.1 Å². The fourth-order valence-corrected chi connectivity index (χ4v) is 5.02. The van der Waals surface area contributed by atoms with Gasteiger partial charge < -0.3 is 5.73 Å². The molecule has 0 bridgehead atoms. The minimum atomic E-state index is -0.261. The number of thioether (sulfide) groups is 1. The number of nitriles is 1. The minimum Gasteiger partial charge on any atom is -0.398 e. The van der Waals surface area contributed by atoms with E-state index in [9.17, 15) is 9.59 Å². The number of nitrogens with two attached hydrogens (primary N) is 1. The largest absolute Gasteiger partial charge is 0.398 e. The lowest BCUT2D eigenvalue weighted by molar-refractivity contribution is 0.954. The average Bonchev–Trinajstić information content (AvgIpc) is 3.64. The molecule has 4 heterocycles. The first-order chi connectivity index (χ1) is 19.3. The molecule has 0 amide bonds.